The second-order valence-electron chi connectivity index (χ2n) is 5.73. The molecular formula is C16H22N2O2. The van der Waals surface area contributed by atoms with Gasteiger partial charge in [-0.05, 0) is 32.8 Å². The van der Waals surface area contributed by atoms with E-state index >= 15 is 0 Å². The topological polar surface area (TPSA) is 49.4 Å². The number of nitrogens with one attached hydrogen (secondary N) is 1. The summed E-state index contributed by atoms with van der Waals surface area (Å²) in [7, 11) is 0. The summed E-state index contributed by atoms with van der Waals surface area (Å²) in [6.45, 7) is 8.01. The van der Waals surface area contributed by atoms with Crippen molar-refractivity contribution in [3.05, 3.63) is 35.4 Å². The summed E-state index contributed by atoms with van der Waals surface area (Å²) in [6.07, 6.45) is 0.600. The van der Waals surface area contributed by atoms with Gasteiger partial charge in [0.2, 0.25) is 11.8 Å². The van der Waals surface area contributed by atoms with E-state index in [2.05, 4.69) is 5.32 Å². The molecule has 0 spiro atoms. The third-order valence-corrected chi connectivity index (χ3v) is 4.22. The Bertz CT molecular complexity index is 524. The molecule has 0 aliphatic carbocycles. The van der Waals surface area contributed by atoms with Gasteiger partial charge in [-0.1, -0.05) is 36.8 Å². The first-order valence-electron chi connectivity index (χ1n) is 7.06. The highest BCUT2D eigenvalue weighted by molar-refractivity contribution is 5.99. The molecular weight excluding hydrogens is 252 g/mol. The Morgan fingerprint density at radius 2 is 1.85 bits per heavy atom. The number of hydrogen-bond acceptors (Lipinski definition) is 2. The molecule has 2 rings (SSSR count). The number of amides is 2. The van der Waals surface area contributed by atoms with Gasteiger partial charge in [0.25, 0.3) is 0 Å². The van der Waals surface area contributed by atoms with Crippen LogP contribution in [0.3, 0.4) is 0 Å². The quantitative estimate of drug-likeness (QED) is 0.916. The molecule has 0 radical (unpaired) electrons. The Morgan fingerprint density at radius 3 is 2.40 bits per heavy atom. The predicted molar refractivity (Wildman–Crippen MR) is 78.0 cm³/mol. The van der Waals surface area contributed by atoms with E-state index in [-0.39, 0.29) is 11.8 Å². The highest BCUT2D eigenvalue weighted by Gasteiger charge is 2.46. The number of rotatable bonds is 3. The largest absolute Gasteiger partial charge is 0.343 e. The second-order valence-corrected chi connectivity index (χ2v) is 5.73. The van der Waals surface area contributed by atoms with Gasteiger partial charge in [-0.25, -0.2) is 0 Å². The van der Waals surface area contributed by atoms with Crippen molar-refractivity contribution in [3.8, 4) is 0 Å². The van der Waals surface area contributed by atoms with Gasteiger partial charge in [-0.2, -0.15) is 0 Å². The van der Waals surface area contributed by atoms with Gasteiger partial charge in [-0.15, -0.1) is 0 Å². The maximum atomic E-state index is 12.4. The van der Waals surface area contributed by atoms with Crippen LogP contribution in [0.15, 0.2) is 24.3 Å². The van der Waals surface area contributed by atoms with Crippen molar-refractivity contribution < 1.29 is 9.59 Å². The van der Waals surface area contributed by atoms with E-state index < -0.39 is 11.6 Å². The molecule has 1 aliphatic rings. The van der Waals surface area contributed by atoms with Crippen LogP contribution in [0.25, 0.3) is 0 Å². The molecule has 1 aromatic carbocycles. The highest BCUT2D eigenvalue weighted by Crippen LogP contribution is 2.27. The Morgan fingerprint density at radius 1 is 1.25 bits per heavy atom. The van der Waals surface area contributed by atoms with Crippen molar-refractivity contribution in [2.75, 3.05) is 0 Å². The number of benzene rings is 1. The van der Waals surface area contributed by atoms with Crippen LogP contribution in [0.2, 0.25) is 0 Å². The number of hydrogen-bond donors (Lipinski definition) is 1. The van der Waals surface area contributed by atoms with Gasteiger partial charge in [0.1, 0.15) is 11.6 Å². The van der Waals surface area contributed by atoms with Crippen molar-refractivity contribution in [1.29, 1.82) is 0 Å². The summed E-state index contributed by atoms with van der Waals surface area (Å²) in [6, 6.07) is 7.62. The first-order chi connectivity index (χ1) is 9.38. The maximum absolute atomic E-state index is 12.4. The Labute approximate surface area is 120 Å². The minimum absolute atomic E-state index is 0.0190. The summed E-state index contributed by atoms with van der Waals surface area (Å²) in [5.74, 6) is -0.0891. The molecule has 2 atom stereocenters. The lowest BCUT2D eigenvalue weighted by atomic mass is 9.90. The van der Waals surface area contributed by atoms with Crippen LogP contribution in [0, 0.1) is 6.92 Å². The van der Waals surface area contributed by atoms with Gasteiger partial charge < -0.3 is 10.2 Å². The molecule has 20 heavy (non-hydrogen) atoms. The molecule has 0 aromatic heterocycles. The van der Waals surface area contributed by atoms with E-state index in [0.717, 1.165) is 5.56 Å². The predicted octanol–water partition coefficient (Wildman–Crippen LogP) is 2.01. The van der Waals surface area contributed by atoms with Gasteiger partial charge in [0.15, 0.2) is 0 Å². The molecule has 0 bridgehead atoms. The van der Waals surface area contributed by atoms with Crippen LogP contribution in [-0.2, 0) is 16.1 Å². The Balaban J connectivity index is 2.31. The van der Waals surface area contributed by atoms with Crippen molar-refractivity contribution in [1.82, 2.24) is 10.2 Å². The second kappa shape index (κ2) is 5.27. The normalized spacial score (nSPS) is 26.6. The molecule has 0 saturated carbocycles. The third-order valence-electron chi connectivity index (χ3n) is 4.22. The van der Waals surface area contributed by atoms with Crippen LogP contribution >= 0.6 is 0 Å². The van der Waals surface area contributed by atoms with Gasteiger partial charge in [-0.3, -0.25) is 9.59 Å². The molecule has 4 nitrogen and oxygen atoms in total. The Kier molecular flexibility index (Phi) is 3.84. The highest BCUT2D eigenvalue weighted by atomic mass is 16.2. The molecule has 1 heterocycles. The van der Waals surface area contributed by atoms with Crippen molar-refractivity contribution in [3.63, 3.8) is 0 Å². The van der Waals surface area contributed by atoms with E-state index in [9.17, 15) is 9.59 Å². The fourth-order valence-electron chi connectivity index (χ4n) is 2.49. The summed E-state index contributed by atoms with van der Waals surface area (Å²) in [5, 5.41) is 2.77. The van der Waals surface area contributed by atoms with Crippen LogP contribution in [-0.4, -0.2) is 28.3 Å². The number of piperazine rings is 1. The summed E-state index contributed by atoms with van der Waals surface area (Å²) in [5.41, 5.74) is 1.46. The van der Waals surface area contributed by atoms with Crippen LogP contribution in [0.4, 0.5) is 0 Å². The number of nitrogens with zero attached hydrogens (tertiary/aromatic N) is 1. The van der Waals surface area contributed by atoms with Crippen molar-refractivity contribution in [2.45, 2.75) is 52.2 Å². The van der Waals surface area contributed by atoms with E-state index in [1.165, 1.54) is 5.56 Å². The number of carbonyl (C=O) groups is 2. The third kappa shape index (κ3) is 2.42. The van der Waals surface area contributed by atoms with E-state index in [1.54, 1.807) is 11.8 Å². The monoisotopic (exact) mass is 274 g/mol. The summed E-state index contributed by atoms with van der Waals surface area (Å²) >= 11 is 0. The first kappa shape index (κ1) is 14.6. The van der Waals surface area contributed by atoms with E-state index in [0.29, 0.717) is 13.0 Å². The van der Waals surface area contributed by atoms with E-state index in [1.807, 2.05) is 45.0 Å². The number of carbonyl (C=O) groups excluding carboxylic acids is 2. The molecule has 2 unspecified atom stereocenters. The first-order valence-corrected chi connectivity index (χ1v) is 7.06. The lowest BCUT2D eigenvalue weighted by Gasteiger charge is -2.45. The fraction of sp³-hybridized carbons (Fsp3) is 0.500. The van der Waals surface area contributed by atoms with Crippen LogP contribution < -0.4 is 5.32 Å². The average Bonchev–Trinajstić information content (AvgIpc) is 2.43. The minimum Gasteiger partial charge on any atom is -0.343 e. The molecule has 2 amide bonds. The molecule has 4 heteroatoms. The molecule has 1 saturated heterocycles. The molecule has 108 valence electrons. The smallest absolute Gasteiger partial charge is 0.246 e. The zero-order valence-electron chi connectivity index (χ0n) is 12.6. The van der Waals surface area contributed by atoms with Crippen molar-refractivity contribution in [2.24, 2.45) is 0 Å². The summed E-state index contributed by atoms with van der Waals surface area (Å²) in [4.78, 5) is 26.4. The Hall–Kier alpha value is -1.84. The molecule has 1 fully saturated rings. The minimum atomic E-state index is -0.769. The lowest BCUT2D eigenvalue weighted by Crippen LogP contribution is -2.68. The van der Waals surface area contributed by atoms with Crippen LogP contribution in [0.1, 0.15) is 38.3 Å². The van der Waals surface area contributed by atoms with E-state index in [4.69, 9.17) is 0 Å². The lowest BCUT2D eigenvalue weighted by molar-refractivity contribution is -0.157. The zero-order valence-corrected chi connectivity index (χ0v) is 12.6. The number of aryl methyl sites for hydroxylation is 1. The van der Waals surface area contributed by atoms with Crippen LogP contribution in [0.5, 0.6) is 0 Å². The van der Waals surface area contributed by atoms with Crippen molar-refractivity contribution >= 4 is 11.8 Å². The fourth-order valence-corrected chi connectivity index (χ4v) is 2.49. The van der Waals surface area contributed by atoms with Gasteiger partial charge in [0.05, 0.1) is 0 Å². The molecule has 1 aromatic rings. The van der Waals surface area contributed by atoms with Gasteiger partial charge >= 0.3 is 0 Å². The SMILES string of the molecule is CCC1(C)C(=O)NC(C)C(=O)N1Cc1ccc(C)cc1. The average molecular weight is 274 g/mol. The van der Waals surface area contributed by atoms with Gasteiger partial charge in [0, 0.05) is 6.54 Å². The summed E-state index contributed by atoms with van der Waals surface area (Å²) < 4.78 is 0. The molecule has 1 aliphatic heterocycles. The molecule has 1 N–H and O–H groups in total. The maximum Gasteiger partial charge on any atom is 0.246 e. The standard InChI is InChI=1S/C16H22N2O2/c1-5-16(4)15(20)17-12(3)14(19)18(16)10-13-8-6-11(2)7-9-13/h6-9,12H,5,10H2,1-4H3,(H,17,20). The zero-order chi connectivity index (χ0) is 14.9.